The topological polar surface area (TPSA) is 0 Å². The Morgan fingerprint density at radius 2 is 0.625 bits per heavy atom. The first-order valence-electron chi connectivity index (χ1n) is 9.70. The molecule has 0 bridgehead atoms. The van der Waals surface area contributed by atoms with Crippen LogP contribution in [0.4, 0.5) is 0 Å². The summed E-state index contributed by atoms with van der Waals surface area (Å²) in [5, 5.41) is 0. The van der Waals surface area contributed by atoms with Crippen molar-refractivity contribution in [2.75, 3.05) is 0 Å². The Morgan fingerprint density at radius 1 is 0.458 bits per heavy atom. The predicted octanol–water partition coefficient (Wildman–Crippen LogP) is 8.14. The molecule has 0 fully saturated rings. The van der Waals surface area contributed by atoms with Gasteiger partial charge >= 0.3 is 0 Å². The molecule has 0 aromatic heterocycles. The van der Waals surface area contributed by atoms with Crippen LogP contribution >= 0.6 is 0 Å². The zero-order valence-electron chi connectivity index (χ0n) is 18.5. The Hall–Kier alpha value is -0.780. The van der Waals surface area contributed by atoms with Crippen LogP contribution < -0.4 is 0 Å². The van der Waals surface area contributed by atoms with Gasteiger partial charge in [0.25, 0.3) is 0 Å². The lowest BCUT2D eigenvalue weighted by Crippen LogP contribution is -2.20. The van der Waals surface area contributed by atoms with E-state index >= 15 is 0 Å². The van der Waals surface area contributed by atoms with Crippen LogP contribution in [0.1, 0.15) is 118 Å². The second kappa shape index (κ2) is 6.85. The second-order valence-corrected chi connectivity index (χ2v) is 11.2. The van der Waals surface area contributed by atoms with Crippen LogP contribution in [-0.4, -0.2) is 0 Å². The summed E-state index contributed by atoms with van der Waals surface area (Å²) in [5.74, 6) is 1.65. The van der Waals surface area contributed by atoms with Crippen LogP contribution in [0.5, 0.6) is 0 Å². The van der Waals surface area contributed by atoms with E-state index in [1.807, 2.05) is 0 Å². The molecule has 0 spiro atoms. The summed E-state index contributed by atoms with van der Waals surface area (Å²) >= 11 is 0. The maximum atomic E-state index is 2.48. The maximum Gasteiger partial charge on any atom is -0.0141 e. The van der Waals surface area contributed by atoms with Crippen molar-refractivity contribution in [3.8, 4) is 0 Å². The molecule has 0 radical (unpaired) electrons. The number of hydrogen-bond donors (Lipinski definition) is 0. The zero-order chi connectivity index (χ0) is 19.1. The van der Waals surface area contributed by atoms with Gasteiger partial charge in [-0.05, 0) is 50.7 Å². The van der Waals surface area contributed by atoms with E-state index in [0.717, 1.165) is 0 Å². The highest BCUT2D eigenvalue weighted by Crippen LogP contribution is 2.42. The smallest absolute Gasteiger partial charge is 0.0141 e. The minimum atomic E-state index is 0.284. The van der Waals surface area contributed by atoms with Crippen molar-refractivity contribution in [2.45, 2.75) is 101 Å². The van der Waals surface area contributed by atoms with Crippen LogP contribution in [0.2, 0.25) is 0 Å². The molecule has 24 heavy (non-hydrogen) atoms. The van der Waals surface area contributed by atoms with Crippen molar-refractivity contribution in [2.24, 2.45) is 16.2 Å². The van der Waals surface area contributed by atoms with E-state index in [-0.39, 0.29) is 16.2 Å². The molecule has 0 aliphatic carbocycles. The van der Waals surface area contributed by atoms with Gasteiger partial charge in [-0.3, -0.25) is 0 Å². The lowest BCUT2D eigenvalue weighted by molar-refractivity contribution is 0.326. The molecule has 138 valence electrons. The quantitative estimate of drug-likeness (QED) is 0.524. The van der Waals surface area contributed by atoms with E-state index in [0.29, 0.717) is 17.8 Å². The highest BCUT2D eigenvalue weighted by atomic mass is 14.3. The number of hydrogen-bond acceptors (Lipinski definition) is 0. The Kier molecular flexibility index (Phi) is 6.07. The van der Waals surface area contributed by atoms with Gasteiger partial charge in [-0.15, -0.1) is 0 Å². The van der Waals surface area contributed by atoms with E-state index in [4.69, 9.17) is 0 Å². The number of benzene rings is 1. The van der Waals surface area contributed by atoms with Crippen molar-refractivity contribution >= 4 is 0 Å². The van der Waals surface area contributed by atoms with Gasteiger partial charge in [-0.25, -0.2) is 0 Å². The molecule has 0 aliphatic rings. The fourth-order valence-corrected chi connectivity index (χ4v) is 2.95. The molecule has 1 aromatic rings. The third-order valence-electron chi connectivity index (χ3n) is 6.40. The van der Waals surface area contributed by atoms with Gasteiger partial charge in [0.1, 0.15) is 0 Å². The third-order valence-corrected chi connectivity index (χ3v) is 6.40. The van der Waals surface area contributed by atoms with Crippen molar-refractivity contribution in [3.63, 3.8) is 0 Å². The lowest BCUT2D eigenvalue weighted by Gasteiger charge is -2.34. The molecule has 0 saturated heterocycles. The average Bonchev–Trinajstić information content (AvgIpc) is 2.41. The van der Waals surface area contributed by atoms with Gasteiger partial charge in [-0.2, -0.15) is 0 Å². The van der Waals surface area contributed by atoms with Crippen molar-refractivity contribution < 1.29 is 0 Å². The molecule has 0 heterocycles. The van der Waals surface area contributed by atoms with E-state index in [1.165, 1.54) is 16.7 Å². The molecular weight excluding hydrogens is 288 g/mol. The SMILES string of the molecule is CC(c1cc(C(C)C(C)(C)C)cc(C(C)C(C)(C)C)c1)C(C)(C)C. The van der Waals surface area contributed by atoms with E-state index in [9.17, 15) is 0 Å². The monoisotopic (exact) mass is 330 g/mol. The minimum Gasteiger partial charge on any atom is -0.0596 e. The first-order chi connectivity index (χ1) is 10.5. The molecule has 0 aliphatic heterocycles. The largest absolute Gasteiger partial charge is 0.0596 e. The van der Waals surface area contributed by atoms with E-state index < -0.39 is 0 Å². The molecule has 0 N–H and O–H groups in total. The van der Waals surface area contributed by atoms with Gasteiger partial charge in [-0.1, -0.05) is 101 Å². The Bertz CT molecular complexity index is 450. The summed E-state index contributed by atoms with van der Waals surface area (Å²) in [6, 6.07) is 7.43. The molecule has 0 amide bonds. The minimum absolute atomic E-state index is 0.284. The molecular formula is C24H42. The Labute approximate surface area is 152 Å². The summed E-state index contributed by atoms with van der Waals surface area (Å²) in [5.41, 5.74) is 5.36. The summed E-state index contributed by atoms with van der Waals surface area (Å²) in [7, 11) is 0. The van der Waals surface area contributed by atoms with Gasteiger partial charge in [0.15, 0.2) is 0 Å². The lowest BCUT2D eigenvalue weighted by atomic mass is 9.71. The summed E-state index contributed by atoms with van der Waals surface area (Å²) < 4.78 is 0. The van der Waals surface area contributed by atoms with Crippen LogP contribution in [0.25, 0.3) is 0 Å². The fraction of sp³-hybridized carbons (Fsp3) is 0.750. The van der Waals surface area contributed by atoms with Crippen LogP contribution in [0.15, 0.2) is 18.2 Å². The average molecular weight is 331 g/mol. The number of rotatable bonds is 3. The second-order valence-electron chi connectivity index (χ2n) is 11.2. The van der Waals surface area contributed by atoms with Gasteiger partial charge in [0, 0.05) is 0 Å². The molecule has 3 unspecified atom stereocenters. The van der Waals surface area contributed by atoms with Crippen LogP contribution in [-0.2, 0) is 0 Å². The standard InChI is InChI=1S/C24H42/c1-16(22(4,5)6)19-13-20(17(2)23(7,8)9)15-21(14-19)18(3)24(10,11)12/h13-18H,1-12H3. The summed E-state index contributed by atoms with van der Waals surface area (Å²) in [6.07, 6.45) is 0. The fourth-order valence-electron chi connectivity index (χ4n) is 2.95. The normalized spacial score (nSPS) is 17.5. The summed E-state index contributed by atoms with van der Waals surface area (Å²) in [6.45, 7) is 28.3. The van der Waals surface area contributed by atoms with Crippen LogP contribution in [0, 0.1) is 16.2 Å². The molecule has 1 rings (SSSR count). The molecule has 3 atom stereocenters. The molecule has 0 saturated carbocycles. The zero-order valence-corrected chi connectivity index (χ0v) is 18.5. The van der Waals surface area contributed by atoms with Crippen molar-refractivity contribution in [1.82, 2.24) is 0 Å². The summed E-state index contributed by atoms with van der Waals surface area (Å²) in [4.78, 5) is 0. The van der Waals surface area contributed by atoms with E-state index in [2.05, 4.69) is 101 Å². The van der Waals surface area contributed by atoms with Crippen molar-refractivity contribution in [1.29, 1.82) is 0 Å². The first kappa shape index (κ1) is 21.3. The Morgan fingerprint density at radius 3 is 0.750 bits per heavy atom. The highest BCUT2D eigenvalue weighted by molar-refractivity contribution is 5.37. The van der Waals surface area contributed by atoms with Gasteiger partial charge in [0.05, 0.1) is 0 Å². The molecule has 0 heteroatoms. The highest BCUT2D eigenvalue weighted by Gasteiger charge is 2.28. The van der Waals surface area contributed by atoms with Crippen molar-refractivity contribution in [3.05, 3.63) is 34.9 Å². The van der Waals surface area contributed by atoms with Crippen LogP contribution in [0.3, 0.4) is 0 Å². The maximum absolute atomic E-state index is 2.48. The molecule has 0 nitrogen and oxygen atoms in total. The Balaban J connectivity index is 3.51. The molecule has 1 aromatic carbocycles. The third kappa shape index (κ3) is 5.11. The predicted molar refractivity (Wildman–Crippen MR) is 110 cm³/mol. The van der Waals surface area contributed by atoms with Gasteiger partial charge in [0.2, 0.25) is 0 Å². The first-order valence-corrected chi connectivity index (χ1v) is 9.70. The van der Waals surface area contributed by atoms with Gasteiger partial charge < -0.3 is 0 Å². The van der Waals surface area contributed by atoms with E-state index in [1.54, 1.807) is 0 Å².